The van der Waals surface area contributed by atoms with Crippen LogP contribution in [-0.2, 0) is 28.6 Å². The lowest BCUT2D eigenvalue weighted by molar-refractivity contribution is -0.147. The van der Waals surface area contributed by atoms with Crippen molar-refractivity contribution in [2.45, 2.75) is 51.9 Å². The molecular formula is C22H28O8. The van der Waals surface area contributed by atoms with Gasteiger partial charge < -0.3 is 24.4 Å². The van der Waals surface area contributed by atoms with Crippen LogP contribution in [0.25, 0.3) is 0 Å². The molecule has 1 aliphatic carbocycles. The molecule has 4 atom stereocenters. The monoisotopic (exact) mass is 420 g/mol. The average Bonchev–Trinajstić information content (AvgIpc) is 2.91. The smallest absolute Gasteiger partial charge is 0.336 e. The number of carbonyl (C=O) groups excluding carboxylic acids is 3. The maximum atomic E-state index is 12.5. The molecule has 0 spiro atoms. The molecule has 4 unspecified atom stereocenters. The number of ether oxygens (including phenoxy) is 3. The molecule has 0 aromatic heterocycles. The molecule has 1 aliphatic heterocycles. The van der Waals surface area contributed by atoms with Crippen molar-refractivity contribution >= 4 is 17.9 Å². The Balaban J connectivity index is 2.43. The van der Waals surface area contributed by atoms with Crippen LogP contribution < -0.4 is 0 Å². The molecule has 0 radical (unpaired) electrons. The van der Waals surface area contributed by atoms with E-state index in [2.05, 4.69) is 6.58 Å². The van der Waals surface area contributed by atoms with Crippen LogP contribution in [0, 0.1) is 5.92 Å². The zero-order valence-electron chi connectivity index (χ0n) is 17.4. The highest BCUT2D eigenvalue weighted by atomic mass is 16.6. The molecule has 0 aromatic carbocycles. The van der Waals surface area contributed by atoms with Crippen LogP contribution in [0.2, 0.25) is 0 Å². The Bertz CT molecular complexity index is 804. The Labute approximate surface area is 175 Å². The molecule has 30 heavy (non-hydrogen) atoms. The van der Waals surface area contributed by atoms with Crippen molar-refractivity contribution < 1.29 is 38.8 Å². The van der Waals surface area contributed by atoms with E-state index in [-0.39, 0.29) is 17.6 Å². The highest BCUT2D eigenvalue weighted by molar-refractivity contribution is 5.92. The number of esters is 3. The topological polar surface area (TPSA) is 119 Å². The molecule has 8 heteroatoms. The van der Waals surface area contributed by atoms with E-state index in [0.717, 1.165) is 17.2 Å². The molecule has 0 saturated carbocycles. The molecule has 0 amide bonds. The first-order valence-electron chi connectivity index (χ1n) is 9.69. The lowest BCUT2D eigenvalue weighted by atomic mass is 9.85. The van der Waals surface area contributed by atoms with E-state index < -0.39 is 55.4 Å². The van der Waals surface area contributed by atoms with Crippen LogP contribution in [0.3, 0.4) is 0 Å². The van der Waals surface area contributed by atoms with E-state index in [0.29, 0.717) is 6.42 Å². The second-order valence-electron chi connectivity index (χ2n) is 7.52. The van der Waals surface area contributed by atoms with Gasteiger partial charge in [-0.05, 0) is 32.1 Å². The van der Waals surface area contributed by atoms with Gasteiger partial charge in [0.2, 0.25) is 0 Å². The minimum absolute atomic E-state index is 0.0897. The van der Waals surface area contributed by atoms with Gasteiger partial charge in [-0.15, -0.1) is 0 Å². The van der Waals surface area contributed by atoms with Crippen molar-refractivity contribution in [1.29, 1.82) is 0 Å². The van der Waals surface area contributed by atoms with E-state index in [1.807, 2.05) is 13.8 Å². The number of hydrogen-bond donors (Lipinski definition) is 2. The molecule has 2 N–H and O–H groups in total. The molecule has 0 aromatic rings. The molecule has 164 valence electrons. The summed E-state index contributed by atoms with van der Waals surface area (Å²) in [5, 5.41) is 18.4. The second kappa shape index (κ2) is 10.4. The predicted octanol–water partition coefficient (Wildman–Crippen LogP) is 1.53. The molecule has 2 aliphatic rings. The van der Waals surface area contributed by atoms with Gasteiger partial charge in [0.15, 0.2) is 0 Å². The molecule has 0 bridgehead atoms. The summed E-state index contributed by atoms with van der Waals surface area (Å²) in [5.74, 6) is -2.40. The van der Waals surface area contributed by atoms with Crippen molar-refractivity contribution in [3.63, 3.8) is 0 Å². The van der Waals surface area contributed by atoms with Gasteiger partial charge in [0.25, 0.3) is 0 Å². The standard InChI is InChI=1S/C22H28O8/c1-12-7-17(28-15(4)25)8-13(2)10-19(30-22(27)16(11-24)5-6-23)20-14(3)21(26)29-18(20)9-12/h5,8-9,17-20,23-24H,3,6-7,10-11H2,1-2,4H3. The van der Waals surface area contributed by atoms with Crippen LogP contribution in [0.1, 0.15) is 33.6 Å². The SMILES string of the molecule is C=C1C(=O)OC2C=C(C)CC(OC(C)=O)C=C(C)CC(OC(=O)C(=CCO)CO)C12. The summed E-state index contributed by atoms with van der Waals surface area (Å²) in [6.45, 7) is 7.77. The molecule has 1 saturated heterocycles. The highest BCUT2D eigenvalue weighted by Gasteiger charge is 2.44. The second-order valence-corrected chi connectivity index (χ2v) is 7.52. The van der Waals surface area contributed by atoms with Gasteiger partial charge in [0.05, 0.1) is 24.7 Å². The summed E-state index contributed by atoms with van der Waals surface area (Å²) in [6.07, 6.45) is 3.37. The number of hydrogen-bond acceptors (Lipinski definition) is 8. The van der Waals surface area contributed by atoms with Crippen LogP contribution in [0.4, 0.5) is 0 Å². The van der Waals surface area contributed by atoms with Crippen molar-refractivity contribution in [3.05, 3.63) is 47.1 Å². The third kappa shape index (κ3) is 5.90. The Kier molecular flexibility index (Phi) is 8.14. The Morgan fingerprint density at radius 2 is 1.87 bits per heavy atom. The number of aliphatic hydroxyl groups is 2. The fourth-order valence-corrected chi connectivity index (χ4v) is 3.67. The lowest BCUT2D eigenvalue weighted by Gasteiger charge is -2.28. The quantitative estimate of drug-likeness (QED) is 0.297. The largest absolute Gasteiger partial charge is 0.458 e. The summed E-state index contributed by atoms with van der Waals surface area (Å²) in [5.41, 5.74) is 1.74. The molecular weight excluding hydrogens is 392 g/mol. The summed E-state index contributed by atoms with van der Waals surface area (Å²) in [7, 11) is 0. The summed E-state index contributed by atoms with van der Waals surface area (Å²) >= 11 is 0. The first-order chi connectivity index (χ1) is 14.2. The van der Waals surface area contributed by atoms with Gasteiger partial charge in [-0.2, -0.15) is 0 Å². The van der Waals surface area contributed by atoms with Crippen molar-refractivity contribution in [3.8, 4) is 0 Å². The van der Waals surface area contributed by atoms with Gasteiger partial charge in [0, 0.05) is 25.3 Å². The van der Waals surface area contributed by atoms with Crippen molar-refractivity contribution in [2.75, 3.05) is 13.2 Å². The zero-order valence-corrected chi connectivity index (χ0v) is 17.4. The van der Waals surface area contributed by atoms with Crippen molar-refractivity contribution in [1.82, 2.24) is 0 Å². The maximum Gasteiger partial charge on any atom is 0.336 e. The first kappa shape index (κ1) is 23.6. The summed E-state index contributed by atoms with van der Waals surface area (Å²) in [4.78, 5) is 36.2. The van der Waals surface area contributed by atoms with Crippen LogP contribution in [0.5, 0.6) is 0 Å². The summed E-state index contributed by atoms with van der Waals surface area (Å²) < 4.78 is 16.4. The van der Waals surface area contributed by atoms with E-state index in [4.69, 9.17) is 19.3 Å². The molecule has 1 fully saturated rings. The van der Waals surface area contributed by atoms with E-state index in [9.17, 15) is 19.5 Å². The zero-order chi connectivity index (χ0) is 22.4. The number of carbonyl (C=O) groups is 3. The normalized spacial score (nSPS) is 27.4. The minimum atomic E-state index is -0.813. The Morgan fingerprint density at radius 3 is 2.47 bits per heavy atom. The third-order valence-electron chi connectivity index (χ3n) is 4.97. The third-order valence-corrected chi connectivity index (χ3v) is 4.97. The van der Waals surface area contributed by atoms with Crippen LogP contribution in [-0.4, -0.2) is 59.6 Å². The summed E-state index contributed by atoms with van der Waals surface area (Å²) in [6, 6.07) is 0. The fourth-order valence-electron chi connectivity index (χ4n) is 3.67. The van der Waals surface area contributed by atoms with E-state index in [1.165, 1.54) is 6.92 Å². The number of aliphatic hydroxyl groups excluding tert-OH is 2. The molecule has 8 nitrogen and oxygen atoms in total. The Hall–Kier alpha value is -2.71. The highest BCUT2D eigenvalue weighted by Crippen LogP contribution is 2.36. The first-order valence-corrected chi connectivity index (χ1v) is 9.69. The van der Waals surface area contributed by atoms with Crippen LogP contribution >= 0.6 is 0 Å². The minimum Gasteiger partial charge on any atom is -0.458 e. The number of fused-ring (bicyclic) bond motifs is 1. The fraction of sp³-hybridized carbons (Fsp3) is 0.500. The van der Waals surface area contributed by atoms with Gasteiger partial charge >= 0.3 is 17.9 Å². The van der Waals surface area contributed by atoms with Gasteiger partial charge in [-0.3, -0.25) is 4.79 Å². The van der Waals surface area contributed by atoms with Crippen LogP contribution in [0.15, 0.2) is 47.1 Å². The van der Waals surface area contributed by atoms with Gasteiger partial charge in [-0.25, -0.2) is 9.59 Å². The van der Waals surface area contributed by atoms with Gasteiger partial charge in [0.1, 0.15) is 18.3 Å². The molecule has 1 heterocycles. The maximum absolute atomic E-state index is 12.5. The number of rotatable bonds is 5. The average molecular weight is 420 g/mol. The Morgan fingerprint density at radius 1 is 1.20 bits per heavy atom. The van der Waals surface area contributed by atoms with Crippen molar-refractivity contribution in [2.24, 2.45) is 5.92 Å². The van der Waals surface area contributed by atoms with E-state index >= 15 is 0 Å². The van der Waals surface area contributed by atoms with Gasteiger partial charge in [-0.1, -0.05) is 17.7 Å². The lowest BCUT2D eigenvalue weighted by Crippen LogP contribution is -2.34. The van der Waals surface area contributed by atoms with E-state index in [1.54, 1.807) is 12.2 Å². The predicted molar refractivity (Wildman–Crippen MR) is 107 cm³/mol. The molecule has 2 rings (SSSR count).